The van der Waals surface area contributed by atoms with Crippen molar-refractivity contribution in [3.63, 3.8) is 0 Å². The Balaban J connectivity index is 1.37. The zero-order valence-corrected chi connectivity index (χ0v) is 17.8. The molecule has 6 heteroatoms. The summed E-state index contributed by atoms with van der Waals surface area (Å²) in [5.74, 6) is 1.63. The zero-order chi connectivity index (χ0) is 21.4. The van der Waals surface area contributed by atoms with Gasteiger partial charge in [0.05, 0.1) is 7.11 Å². The van der Waals surface area contributed by atoms with Gasteiger partial charge in [-0.3, -0.25) is 4.90 Å². The molecule has 3 heterocycles. The number of fused-ring (bicyclic) bond motifs is 2. The summed E-state index contributed by atoms with van der Waals surface area (Å²) in [4.78, 5) is 8.76. The molecule has 0 saturated carbocycles. The van der Waals surface area contributed by atoms with Crippen molar-refractivity contribution in [3.8, 4) is 11.5 Å². The summed E-state index contributed by atoms with van der Waals surface area (Å²) in [6, 6.07) is 14.1. The molecule has 2 aromatic heterocycles. The molecule has 2 atom stereocenters. The summed E-state index contributed by atoms with van der Waals surface area (Å²) in [5, 5.41) is 12.7. The predicted molar refractivity (Wildman–Crippen MR) is 123 cm³/mol. The molecule has 2 unspecified atom stereocenters. The Morgan fingerprint density at radius 2 is 1.97 bits per heavy atom. The molecular formula is C25H27N3O3. The SMILES string of the molecule is COc1ccc2c(C3=CCN(C(Oc4cccc5[nH]ccc45)C(C)O)CC3)c[nH]c2c1. The average Bonchev–Trinajstić information content (AvgIpc) is 3.44. The smallest absolute Gasteiger partial charge is 0.178 e. The molecule has 0 radical (unpaired) electrons. The molecule has 2 aromatic carbocycles. The van der Waals surface area contributed by atoms with Gasteiger partial charge in [0.2, 0.25) is 0 Å². The van der Waals surface area contributed by atoms with Gasteiger partial charge in [-0.05, 0) is 49.2 Å². The molecule has 4 aromatic rings. The number of aromatic amines is 2. The second kappa shape index (κ2) is 8.13. The van der Waals surface area contributed by atoms with Crippen LogP contribution in [0.4, 0.5) is 0 Å². The summed E-state index contributed by atoms with van der Waals surface area (Å²) >= 11 is 0. The summed E-state index contributed by atoms with van der Waals surface area (Å²) in [5.41, 5.74) is 4.63. The van der Waals surface area contributed by atoms with Crippen molar-refractivity contribution in [2.75, 3.05) is 20.2 Å². The number of rotatable bonds is 6. The van der Waals surface area contributed by atoms with Gasteiger partial charge in [0.1, 0.15) is 17.6 Å². The van der Waals surface area contributed by atoms with Crippen LogP contribution in [-0.2, 0) is 0 Å². The fourth-order valence-corrected chi connectivity index (χ4v) is 4.43. The van der Waals surface area contributed by atoms with Crippen molar-refractivity contribution >= 4 is 27.4 Å². The van der Waals surface area contributed by atoms with E-state index in [9.17, 15) is 5.11 Å². The van der Waals surface area contributed by atoms with Crippen molar-refractivity contribution in [1.29, 1.82) is 0 Å². The first-order valence-electron chi connectivity index (χ1n) is 10.6. The van der Waals surface area contributed by atoms with Crippen molar-refractivity contribution in [1.82, 2.24) is 14.9 Å². The molecule has 0 aliphatic carbocycles. The van der Waals surface area contributed by atoms with E-state index in [0.717, 1.165) is 47.4 Å². The van der Waals surface area contributed by atoms with E-state index in [1.54, 1.807) is 14.0 Å². The normalized spacial score (nSPS) is 16.9. The van der Waals surface area contributed by atoms with Crippen LogP contribution in [0.25, 0.3) is 27.4 Å². The molecule has 0 saturated heterocycles. The highest BCUT2D eigenvalue weighted by molar-refractivity contribution is 5.93. The monoisotopic (exact) mass is 417 g/mol. The Bertz CT molecular complexity index is 1240. The topological polar surface area (TPSA) is 73.5 Å². The highest BCUT2D eigenvalue weighted by Gasteiger charge is 2.28. The van der Waals surface area contributed by atoms with E-state index in [-0.39, 0.29) is 0 Å². The number of nitrogens with one attached hydrogen (secondary N) is 2. The summed E-state index contributed by atoms with van der Waals surface area (Å²) in [6.07, 6.45) is 6.07. The number of methoxy groups -OCH3 is 1. The van der Waals surface area contributed by atoms with Crippen LogP contribution in [0.15, 0.2) is 60.9 Å². The number of nitrogens with zero attached hydrogens (tertiary/aromatic N) is 1. The van der Waals surface area contributed by atoms with Gasteiger partial charge in [-0.1, -0.05) is 12.1 Å². The van der Waals surface area contributed by atoms with E-state index in [4.69, 9.17) is 9.47 Å². The number of hydrogen-bond acceptors (Lipinski definition) is 4. The standard InChI is InChI=1S/C25H27N3O3/c1-16(29)25(31-24-5-3-4-22-20(24)8-11-26-22)28-12-9-17(10-13-28)21-15-27-23-14-18(30-2)6-7-19(21)23/h3-9,11,14-16,25-27,29H,10,12-13H2,1-2H3. The van der Waals surface area contributed by atoms with Gasteiger partial charge >= 0.3 is 0 Å². The number of aliphatic hydroxyl groups is 1. The number of hydrogen-bond donors (Lipinski definition) is 3. The van der Waals surface area contributed by atoms with E-state index in [1.807, 2.05) is 42.6 Å². The zero-order valence-electron chi connectivity index (χ0n) is 17.8. The maximum Gasteiger partial charge on any atom is 0.178 e. The predicted octanol–water partition coefficient (Wildman–Crippen LogP) is 4.53. The van der Waals surface area contributed by atoms with E-state index in [2.05, 4.69) is 33.2 Å². The minimum Gasteiger partial charge on any atom is -0.497 e. The van der Waals surface area contributed by atoms with Gasteiger partial charge in [0.25, 0.3) is 0 Å². The molecule has 0 spiro atoms. The van der Waals surface area contributed by atoms with Crippen molar-refractivity contribution in [2.24, 2.45) is 0 Å². The maximum atomic E-state index is 10.5. The Hall–Kier alpha value is -3.22. The second-order valence-electron chi connectivity index (χ2n) is 8.03. The lowest BCUT2D eigenvalue weighted by Crippen LogP contribution is -2.48. The molecule has 6 nitrogen and oxygen atoms in total. The molecule has 1 aliphatic rings. The Labute approximate surface area is 181 Å². The Morgan fingerprint density at radius 1 is 1.06 bits per heavy atom. The number of aromatic nitrogens is 2. The third kappa shape index (κ3) is 3.69. The first-order chi connectivity index (χ1) is 15.1. The lowest BCUT2D eigenvalue weighted by atomic mass is 9.98. The first-order valence-corrected chi connectivity index (χ1v) is 10.6. The van der Waals surface area contributed by atoms with Gasteiger partial charge in [-0.15, -0.1) is 0 Å². The van der Waals surface area contributed by atoms with Crippen LogP contribution in [0.5, 0.6) is 11.5 Å². The lowest BCUT2D eigenvalue weighted by Gasteiger charge is -2.35. The molecule has 0 fully saturated rings. The van der Waals surface area contributed by atoms with Crippen LogP contribution >= 0.6 is 0 Å². The van der Waals surface area contributed by atoms with E-state index >= 15 is 0 Å². The van der Waals surface area contributed by atoms with Crippen molar-refractivity contribution < 1.29 is 14.6 Å². The number of aliphatic hydroxyl groups excluding tert-OH is 1. The number of H-pyrrole nitrogens is 2. The molecule has 3 N–H and O–H groups in total. The third-order valence-electron chi connectivity index (χ3n) is 6.05. The van der Waals surface area contributed by atoms with Crippen LogP contribution in [0.2, 0.25) is 0 Å². The highest BCUT2D eigenvalue weighted by atomic mass is 16.5. The Morgan fingerprint density at radius 3 is 2.74 bits per heavy atom. The van der Waals surface area contributed by atoms with Gasteiger partial charge in [-0.25, -0.2) is 0 Å². The summed E-state index contributed by atoms with van der Waals surface area (Å²) in [6.45, 7) is 3.32. The van der Waals surface area contributed by atoms with Gasteiger partial charge < -0.3 is 24.5 Å². The minimum absolute atomic E-state index is 0.412. The Kier molecular flexibility index (Phi) is 5.18. The first kappa shape index (κ1) is 19.7. The van der Waals surface area contributed by atoms with E-state index in [0.29, 0.717) is 0 Å². The molecular weight excluding hydrogens is 390 g/mol. The average molecular weight is 418 g/mol. The molecule has 0 bridgehead atoms. The van der Waals surface area contributed by atoms with Crippen LogP contribution in [0, 0.1) is 0 Å². The molecule has 160 valence electrons. The van der Waals surface area contributed by atoms with Crippen LogP contribution < -0.4 is 9.47 Å². The van der Waals surface area contributed by atoms with Gasteiger partial charge in [0, 0.05) is 58.9 Å². The molecule has 0 amide bonds. The van der Waals surface area contributed by atoms with Crippen molar-refractivity contribution in [3.05, 3.63) is 66.5 Å². The second-order valence-corrected chi connectivity index (χ2v) is 8.03. The highest BCUT2D eigenvalue weighted by Crippen LogP contribution is 2.32. The van der Waals surface area contributed by atoms with E-state index < -0.39 is 12.3 Å². The van der Waals surface area contributed by atoms with Crippen LogP contribution in [0.1, 0.15) is 18.9 Å². The molecule has 31 heavy (non-hydrogen) atoms. The molecule has 5 rings (SSSR count). The van der Waals surface area contributed by atoms with E-state index in [1.165, 1.54) is 16.5 Å². The molecule has 1 aliphatic heterocycles. The minimum atomic E-state index is -0.621. The fourth-order valence-electron chi connectivity index (χ4n) is 4.43. The van der Waals surface area contributed by atoms with Crippen LogP contribution in [-0.4, -0.2) is 52.5 Å². The largest absolute Gasteiger partial charge is 0.497 e. The lowest BCUT2D eigenvalue weighted by molar-refractivity contribution is -0.0528. The van der Waals surface area contributed by atoms with Gasteiger partial charge in [0.15, 0.2) is 6.23 Å². The number of ether oxygens (including phenoxy) is 2. The fraction of sp³-hybridized carbons (Fsp3) is 0.280. The maximum absolute atomic E-state index is 10.5. The number of benzene rings is 2. The van der Waals surface area contributed by atoms with Gasteiger partial charge in [-0.2, -0.15) is 0 Å². The summed E-state index contributed by atoms with van der Waals surface area (Å²) < 4.78 is 11.6. The summed E-state index contributed by atoms with van der Waals surface area (Å²) in [7, 11) is 1.68. The van der Waals surface area contributed by atoms with Crippen molar-refractivity contribution in [2.45, 2.75) is 25.7 Å². The van der Waals surface area contributed by atoms with Crippen LogP contribution in [0.3, 0.4) is 0 Å². The quantitative estimate of drug-likeness (QED) is 0.431. The third-order valence-corrected chi connectivity index (χ3v) is 6.05.